The van der Waals surface area contributed by atoms with E-state index in [-0.39, 0.29) is 5.91 Å². The van der Waals surface area contributed by atoms with Crippen LogP contribution in [-0.2, 0) is 4.79 Å². The number of thiazole rings is 1. The number of anilines is 1. The third-order valence-corrected chi connectivity index (χ3v) is 5.24. The fourth-order valence-electron chi connectivity index (χ4n) is 2.03. The second kappa shape index (κ2) is 7.44. The summed E-state index contributed by atoms with van der Waals surface area (Å²) in [4.78, 5) is 16.5. The van der Waals surface area contributed by atoms with E-state index < -0.39 is 0 Å². The van der Waals surface area contributed by atoms with Crippen LogP contribution >= 0.6 is 23.1 Å². The van der Waals surface area contributed by atoms with Gasteiger partial charge in [0, 0.05) is 16.6 Å². The number of benzene rings is 2. The quantitative estimate of drug-likeness (QED) is 0.675. The van der Waals surface area contributed by atoms with Crippen molar-refractivity contribution in [2.24, 2.45) is 0 Å². The highest BCUT2D eigenvalue weighted by atomic mass is 32.2. The Morgan fingerprint density at radius 2 is 1.87 bits per heavy atom. The number of carbonyl (C=O) groups is 1. The van der Waals surface area contributed by atoms with Gasteiger partial charge in [-0.1, -0.05) is 59.8 Å². The first-order valence-electron chi connectivity index (χ1n) is 7.21. The van der Waals surface area contributed by atoms with Crippen molar-refractivity contribution < 1.29 is 4.79 Å². The van der Waals surface area contributed by atoms with E-state index in [1.54, 1.807) is 11.3 Å². The third-order valence-electron chi connectivity index (χ3n) is 3.21. The third kappa shape index (κ3) is 4.43. The standard InChI is InChI=1S/C18H16N2OS2/c1-13-7-9-14(10-8-13)16-11-22-18(20-16)23-12-17(21)19-15-5-3-2-4-6-15/h2-11H,12H2,1H3,(H,19,21). The van der Waals surface area contributed by atoms with E-state index in [1.807, 2.05) is 35.7 Å². The van der Waals surface area contributed by atoms with Gasteiger partial charge in [-0.15, -0.1) is 11.3 Å². The Labute approximate surface area is 143 Å². The SMILES string of the molecule is Cc1ccc(-c2csc(SCC(=O)Nc3ccccc3)n2)cc1. The predicted molar refractivity (Wildman–Crippen MR) is 98.1 cm³/mol. The molecular weight excluding hydrogens is 324 g/mol. The number of hydrogen-bond acceptors (Lipinski definition) is 4. The number of carbonyl (C=O) groups excluding carboxylic acids is 1. The van der Waals surface area contributed by atoms with Gasteiger partial charge in [0.05, 0.1) is 11.4 Å². The highest BCUT2D eigenvalue weighted by molar-refractivity contribution is 8.01. The molecule has 0 atom stereocenters. The molecule has 116 valence electrons. The molecule has 3 aromatic rings. The van der Waals surface area contributed by atoms with E-state index in [2.05, 4.69) is 41.5 Å². The van der Waals surface area contributed by atoms with Gasteiger partial charge < -0.3 is 5.32 Å². The summed E-state index contributed by atoms with van der Waals surface area (Å²) < 4.78 is 0.906. The molecule has 0 aliphatic heterocycles. The Kier molecular flexibility index (Phi) is 5.10. The number of thioether (sulfide) groups is 1. The number of amides is 1. The van der Waals surface area contributed by atoms with Gasteiger partial charge in [0.2, 0.25) is 5.91 Å². The Morgan fingerprint density at radius 3 is 2.61 bits per heavy atom. The number of aromatic nitrogens is 1. The number of aryl methyl sites for hydroxylation is 1. The average Bonchev–Trinajstić information content (AvgIpc) is 3.04. The van der Waals surface area contributed by atoms with E-state index >= 15 is 0 Å². The average molecular weight is 340 g/mol. The van der Waals surface area contributed by atoms with Crippen LogP contribution in [0.3, 0.4) is 0 Å². The van der Waals surface area contributed by atoms with Crippen LogP contribution in [0.2, 0.25) is 0 Å². The molecule has 1 heterocycles. The van der Waals surface area contributed by atoms with Gasteiger partial charge in [-0.05, 0) is 19.1 Å². The van der Waals surface area contributed by atoms with Crippen molar-refractivity contribution in [3.63, 3.8) is 0 Å². The molecule has 0 radical (unpaired) electrons. The second-order valence-electron chi connectivity index (χ2n) is 5.07. The van der Waals surface area contributed by atoms with Crippen molar-refractivity contribution in [1.29, 1.82) is 0 Å². The van der Waals surface area contributed by atoms with Crippen molar-refractivity contribution in [1.82, 2.24) is 4.98 Å². The molecule has 5 heteroatoms. The molecule has 0 aliphatic carbocycles. The molecule has 0 bridgehead atoms. The van der Waals surface area contributed by atoms with Crippen molar-refractivity contribution in [3.8, 4) is 11.3 Å². The van der Waals surface area contributed by atoms with Crippen LogP contribution in [0.1, 0.15) is 5.56 Å². The Hall–Kier alpha value is -2.11. The van der Waals surface area contributed by atoms with Crippen molar-refractivity contribution >= 4 is 34.7 Å². The van der Waals surface area contributed by atoms with Crippen LogP contribution in [0.4, 0.5) is 5.69 Å². The zero-order valence-electron chi connectivity index (χ0n) is 12.7. The molecule has 2 aromatic carbocycles. The summed E-state index contributed by atoms with van der Waals surface area (Å²) in [5.74, 6) is 0.337. The van der Waals surface area contributed by atoms with Crippen molar-refractivity contribution in [3.05, 3.63) is 65.5 Å². The lowest BCUT2D eigenvalue weighted by molar-refractivity contribution is -0.113. The number of nitrogens with zero attached hydrogens (tertiary/aromatic N) is 1. The Bertz CT molecular complexity index is 782. The van der Waals surface area contributed by atoms with Crippen LogP contribution in [0.25, 0.3) is 11.3 Å². The smallest absolute Gasteiger partial charge is 0.234 e. The van der Waals surface area contributed by atoms with E-state index in [4.69, 9.17) is 0 Å². The lowest BCUT2D eigenvalue weighted by Gasteiger charge is -2.03. The number of hydrogen-bond donors (Lipinski definition) is 1. The summed E-state index contributed by atoms with van der Waals surface area (Å²) >= 11 is 3.03. The minimum Gasteiger partial charge on any atom is -0.325 e. The van der Waals surface area contributed by atoms with Crippen LogP contribution in [0, 0.1) is 6.92 Å². The van der Waals surface area contributed by atoms with Gasteiger partial charge in [0.15, 0.2) is 4.34 Å². The van der Waals surface area contributed by atoms with Gasteiger partial charge in [-0.25, -0.2) is 4.98 Å². The maximum Gasteiger partial charge on any atom is 0.234 e. The fraction of sp³-hybridized carbons (Fsp3) is 0.111. The van der Waals surface area contributed by atoms with Crippen LogP contribution in [-0.4, -0.2) is 16.6 Å². The van der Waals surface area contributed by atoms with Gasteiger partial charge in [0.1, 0.15) is 0 Å². The maximum atomic E-state index is 11.9. The monoisotopic (exact) mass is 340 g/mol. The zero-order valence-corrected chi connectivity index (χ0v) is 14.3. The highest BCUT2D eigenvalue weighted by Crippen LogP contribution is 2.28. The molecule has 3 nitrogen and oxygen atoms in total. The summed E-state index contributed by atoms with van der Waals surface area (Å²) in [5, 5.41) is 4.90. The van der Waals surface area contributed by atoms with Crippen molar-refractivity contribution in [2.45, 2.75) is 11.3 Å². The number of nitrogens with one attached hydrogen (secondary N) is 1. The molecule has 23 heavy (non-hydrogen) atoms. The molecular formula is C18H16N2OS2. The van der Waals surface area contributed by atoms with Gasteiger partial charge >= 0.3 is 0 Å². The zero-order chi connectivity index (χ0) is 16.1. The molecule has 0 unspecified atom stereocenters. The molecule has 3 rings (SSSR count). The van der Waals surface area contributed by atoms with Crippen LogP contribution in [0.5, 0.6) is 0 Å². The summed E-state index contributed by atoms with van der Waals surface area (Å²) in [5.41, 5.74) is 4.11. The van der Waals surface area contributed by atoms with E-state index in [0.29, 0.717) is 5.75 Å². The van der Waals surface area contributed by atoms with Gasteiger partial charge in [-0.3, -0.25) is 4.79 Å². The number of para-hydroxylation sites is 1. The molecule has 0 fully saturated rings. The largest absolute Gasteiger partial charge is 0.325 e. The normalized spacial score (nSPS) is 10.5. The lowest BCUT2D eigenvalue weighted by Crippen LogP contribution is -2.13. The van der Waals surface area contributed by atoms with Crippen LogP contribution < -0.4 is 5.32 Å². The second-order valence-corrected chi connectivity index (χ2v) is 7.15. The van der Waals surface area contributed by atoms with E-state index in [0.717, 1.165) is 21.3 Å². The topological polar surface area (TPSA) is 42.0 Å². The van der Waals surface area contributed by atoms with E-state index in [9.17, 15) is 4.79 Å². The maximum absolute atomic E-state index is 11.9. The number of rotatable bonds is 5. The van der Waals surface area contributed by atoms with Gasteiger partial charge in [0.25, 0.3) is 0 Å². The fourth-order valence-corrected chi connectivity index (χ4v) is 3.66. The molecule has 0 spiro atoms. The lowest BCUT2D eigenvalue weighted by atomic mass is 10.1. The highest BCUT2D eigenvalue weighted by Gasteiger charge is 2.08. The van der Waals surface area contributed by atoms with Crippen LogP contribution in [0.15, 0.2) is 64.3 Å². The summed E-state index contributed by atoms with van der Waals surface area (Å²) in [6.07, 6.45) is 0. The molecule has 1 amide bonds. The molecule has 1 aromatic heterocycles. The first-order chi connectivity index (χ1) is 11.2. The summed E-state index contributed by atoms with van der Waals surface area (Å²) in [7, 11) is 0. The molecule has 0 aliphatic rings. The van der Waals surface area contributed by atoms with Crippen molar-refractivity contribution in [2.75, 3.05) is 11.1 Å². The first-order valence-corrected chi connectivity index (χ1v) is 9.07. The first kappa shape index (κ1) is 15.8. The molecule has 1 N–H and O–H groups in total. The summed E-state index contributed by atoms with van der Waals surface area (Å²) in [6.45, 7) is 2.07. The van der Waals surface area contributed by atoms with E-state index in [1.165, 1.54) is 17.3 Å². The Morgan fingerprint density at radius 1 is 1.13 bits per heavy atom. The Balaban J connectivity index is 1.57. The molecule has 0 saturated heterocycles. The molecule has 0 saturated carbocycles. The minimum atomic E-state index is -0.0201. The van der Waals surface area contributed by atoms with Gasteiger partial charge in [-0.2, -0.15) is 0 Å². The summed E-state index contributed by atoms with van der Waals surface area (Å²) in [6, 6.07) is 17.8. The minimum absolute atomic E-state index is 0.0201. The predicted octanol–water partition coefficient (Wildman–Crippen LogP) is 4.85.